The van der Waals surface area contributed by atoms with Crippen LogP contribution in [0.4, 0.5) is 0 Å². The summed E-state index contributed by atoms with van der Waals surface area (Å²) in [6.07, 6.45) is 9.30. The van der Waals surface area contributed by atoms with E-state index in [-0.39, 0.29) is 5.91 Å². The van der Waals surface area contributed by atoms with Crippen LogP contribution in [-0.4, -0.2) is 54.9 Å². The number of carbonyl (C=O) groups is 2. The van der Waals surface area contributed by atoms with Crippen molar-refractivity contribution in [3.05, 3.63) is 166 Å². The predicted molar refractivity (Wildman–Crippen MR) is 251 cm³/mol. The molecule has 8 nitrogen and oxygen atoms in total. The van der Waals surface area contributed by atoms with Crippen molar-refractivity contribution < 1.29 is 14.7 Å². The molecule has 0 radical (unpaired) electrons. The molecule has 3 aliphatic rings. The monoisotopic (exact) mass is 811 g/mol. The third-order valence-corrected chi connectivity index (χ3v) is 12.3. The van der Waals surface area contributed by atoms with Gasteiger partial charge < -0.3 is 20.0 Å². The lowest BCUT2D eigenvalue weighted by Gasteiger charge is -2.30. The van der Waals surface area contributed by atoms with Crippen LogP contribution in [0.25, 0.3) is 90.9 Å². The van der Waals surface area contributed by atoms with Gasteiger partial charge in [-0.15, -0.1) is 0 Å². The first-order valence-corrected chi connectivity index (χ1v) is 21.2. The van der Waals surface area contributed by atoms with Gasteiger partial charge in [0.2, 0.25) is 0 Å². The van der Waals surface area contributed by atoms with E-state index in [2.05, 4.69) is 152 Å². The predicted octanol–water partition coefficient (Wildman–Crippen LogP) is 12.2. The number of nitrogens with zero attached hydrogens (tertiary/aromatic N) is 3. The largest absolute Gasteiger partial charge is 0.481 e. The van der Waals surface area contributed by atoms with Crippen LogP contribution in [0.5, 0.6) is 0 Å². The summed E-state index contributed by atoms with van der Waals surface area (Å²) in [6.45, 7) is 7.14. The van der Waals surface area contributed by atoms with E-state index in [4.69, 9.17) is 9.97 Å². The quantitative estimate of drug-likeness (QED) is 0.155. The zero-order chi connectivity index (χ0) is 42.5. The number of piperidine rings is 1. The summed E-state index contributed by atoms with van der Waals surface area (Å²) in [6, 6.07) is 42.0. The number of carbonyl (C=O) groups excluding carboxylic acids is 1. The summed E-state index contributed by atoms with van der Waals surface area (Å²) >= 11 is 0. The van der Waals surface area contributed by atoms with Crippen LogP contribution < -0.4 is 0 Å². The molecule has 0 saturated carbocycles. The van der Waals surface area contributed by atoms with Gasteiger partial charge in [-0.25, -0.2) is 9.97 Å². The first-order chi connectivity index (χ1) is 30.2. The number of aryl methyl sites for hydroxylation is 3. The minimum Gasteiger partial charge on any atom is -0.481 e. The summed E-state index contributed by atoms with van der Waals surface area (Å²) in [5, 5.41) is 9.49. The number of rotatable bonds is 6. The molecule has 0 aliphatic carbocycles. The molecule has 1 saturated heterocycles. The maximum Gasteiger partial charge on any atom is 0.306 e. The summed E-state index contributed by atoms with van der Waals surface area (Å²) in [5.74, 6) is -1.30. The summed E-state index contributed by atoms with van der Waals surface area (Å²) in [5.41, 5.74) is 18.9. The highest BCUT2D eigenvalue weighted by molar-refractivity contribution is 6.00. The minimum absolute atomic E-state index is 0.0939. The number of aromatic amines is 2. The van der Waals surface area contributed by atoms with E-state index in [0.717, 1.165) is 89.4 Å². The minimum atomic E-state index is -0.796. The maximum absolute atomic E-state index is 13.7. The van der Waals surface area contributed by atoms with Gasteiger partial charge in [0.1, 0.15) is 0 Å². The molecule has 1 amide bonds. The highest BCUT2D eigenvalue weighted by atomic mass is 16.4. The summed E-state index contributed by atoms with van der Waals surface area (Å²) in [7, 11) is 0. The number of aromatic nitrogens is 4. The Morgan fingerprint density at radius 1 is 0.484 bits per heavy atom. The lowest BCUT2D eigenvalue weighted by Crippen LogP contribution is -2.40. The second kappa shape index (κ2) is 15.8. The Kier molecular flexibility index (Phi) is 9.83. The Labute approximate surface area is 360 Å². The van der Waals surface area contributed by atoms with E-state index in [9.17, 15) is 14.7 Å². The number of likely N-dealkylation sites (tertiary alicyclic amines) is 1. The molecule has 3 N–H and O–H groups in total. The van der Waals surface area contributed by atoms with E-state index in [1.54, 1.807) is 4.90 Å². The number of carboxylic acids is 1. The van der Waals surface area contributed by atoms with Gasteiger partial charge in [-0.3, -0.25) is 9.59 Å². The van der Waals surface area contributed by atoms with Crippen molar-refractivity contribution in [2.75, 3.05) is 13.1 Å². The van der Waals surface area contributed by atoms with Gasteiger partial charge in [-0.2, -0.15) is 0 Å². The van der Waals surface area contributed by atoms with E-state index in [0.29, 0.717) is 31.5 Å². The normalized spacial score (nSPS) is 13.8. The molecule has 4 aromatic carbocycles. The number of benzene rings is 4. The van der Waals surface area contributed by atoms with Gasteiger partial charge in [0, 0.05) is 63.0 Å². The molecule has 10 rings (SSSR count). The fraction of sp³-hybridized carbons (Fsp3) is 0.148. The average molecular weight is 812 g/mol. The van der Waals surface area contributed by atoms with Gasteiger partial charge in [0.25, 0.3) is 5.91 Å². The average Bonchev–Trinajstić information content (AvgIpc) is 4.14. The molecule has 0 atom stereocenters. The number of H-pyrrole nitrogens is 2. The molecule has 7 aromatic rings. The first kappa shape index (κ1) is 38.6. The molecular weight excluding hydrogens is 767 g/mol. The van der Waals surface area contributed by atoms with Crippen molar-refractivity contribution in [2.45, 2.75) is 33.6 Å². The third-order valence-electron chi connectivity index (χ3n) is 12.3. The second-order valence-corrected chi connectivity index (χ2v) is 16.6. The molecule has 0 spiro atoms. The number of amides is 1. The Morgan fingerprint density at radius 2 is 0.790 bits per heavy atom. The smallest absolute Gasteiger partial charge is 0.306 e. The zero-order valence-electron chi connectivity index (χ0n) is 34.9. The standard InChI is InChI=1S/C54H45N5O3/c1-32-4-10-35(11-5-32)49-41-20-22-43(55-41)50(36-12-6-33(2)7-13-36)45-24-26-47(57-45)52(38-16-18-39(19-17-38)53(60)59-30-28-40(29-31-59)54(61)62)48-27-25-46(58-48)51(44-23-21-42(49)56-44)37-14-8-34(3)9-15-37/h4-27,40,55,58H,28-31H2,1-3H3,(H,61,62). The SMILES string of the molecule is Cc1ccc(-c2c3nc(c(-c4ccc(C)cc4)c4ccc([nH]4)c(-c4ccc(C(=O)N5CCC(C(=O)O)CC5)cc4)c4nc(c(-c5ccc(C)cc5)c5ccc2[nH]5)C=C4)C=C3)cc1. The second-order valence-electron chi connectivity index (χ2n) is 16.6. The number of fused-ring (bicyclic) bond motifs is 8. The van der Waals surface area contributed by atoms with Gasteiger partial charge in [0.15, 0.2) is 0 Å². The molecule has 0 unspecified atom stereocenters. The Bertz CT molecular complexity index is 3080. The number of hydrogen-bond donors (Lipinski definition) is 3. The molecule has 3 aromatic heterocycles. The Hall–Kier alpha value is -7.58. The number of carboxylic acid groups (broad SMARTS) is 1. The Balaban J connectivity index is 1.24. The van der Waals surface area contributed by atoms with E-state index < -0.39 is 11.9 Å². The van der Waals surface area contributed by atoms with Crippen LogP contribution in [0.2, 0.25) is 0 Å². The van der Waals surface area contributed by atoms with Crippen LogP contribution in [0.15, 0.2) is 121 Å². The van der Waals surface area contributed by atoms with Crippen molar-refractivity contribution in [1.82, 2.24) is 24.8 Å². The lowest BCUT2D eigenvalue weighted by molar-refractivity contribution is -0.143. The molecule has 62 heavy (non-hydrogen) atoms. The van der Waals surface area contributed by atoms with E-state index in [1.165, 1.54) is 16.7 Å². The fourth-order valence-corrected chi connectivity index (χ4v) is 8.87. The lowest BCUT2D eigenvalue weighted by atomic mass is 9.96. The molecule has 304 valence electrons. The highest BCUT2D eigenvalue weighted by Gasteiger charge is 2.28. The summed E-state index contributed by atoms with van der Waals surface area (Å²) < 4.78 is 0. The van der Waals surface area contributed by atoms with Gasteiger partial charge >= 0.3 is 5.97 Å². The van der Waals surface area contributed by atoms with Gasteiger partial charge in [0.05, 0.1) is 28.7 Å². The maximum atomic E-state index is 13.7. The van der Waals surface area contributed by atoms with E-state index >= 15 is 0 Å². The van der Waals surface area contributed by atoms with Crippen LogP contribution in [0.1, 0.15) is 62.7 Å². The first-order valence-electron chi connectivity index (χ1n) is 21.2. The van der Waals surface area contributed by atoms with Crippen LogP contribution in [-0.2, 0) is 4.79 Å². The molecule has 8 heteroatoms. The van der Waals surface area contributed by atoms with Crippen LogP contribution in [0, 0.1) is 26.7 Å². The zero-order valence-corrected chi connectivity index (χ0v) is 34.9. The third kappa shape index (κ3) is 7.23. The van der Waals surface area contributed by atoms with Crippen molar-refractivity contribution in [2.24, 2.45) is 5.92 Å². The fourth-order valence-electron chi connectivity index (χ4n) is 8.87. The summed E-state index contributed by atoms with van der Waals surface area (Å²) in [4.78, 5) is 45.5. The molecule has 6 heterocycles. The molecular formula is C54H45N5O3. The highest BCUT2D eigenvalue weighted by Crippen LogP contribution is 2.39. The van der Waals surface area contributed by atoms with Crippen molar-refractivity contribution in [3.8, 4) is 44.5 Å². The topological polar surface area (TPSA) is 115 Å². The Morgan fingerprint density at radius 3 is 1.10 bits per heavy atom. The molecule has 8 bridgehead atoms. The van der Waals surface area contributed by atoms with Crippen molar-refractivity contribution in [1.29, 1.82) is 0 Å². The van der Waals surface area contributed by atoms with Crippen LogP contribution in [0.3, 0.4) is 0 Å². The van der Waals surface area contributed by atoms with Crippen LogP contribution >= 0.6 is 0 Å². The molecule has 3 aliphatic heterocycles. The molecule has 1 fully saturated rings. The van der Waals surface area contributed by atoms with E-state index in [1.807, 2.05) is 24.3 Å². The van der Waals surface area contributed by atoms with Crippen molar-refractivity contribution >= 4 is 58.2 Å². The van der Waals surface area contributed by atoms with Crippen molar-refractivity contribution in [3.63, 3.8) is 0 Å². The number of hydrogen-bond acceptors (Lipinski definition) is 4. The number of aliphatic carboxylic acids is 1. The number of nitrogens with one attached hydrogen (secondary N) is 2. The van der Waals surface area contributed by atoms with Gasteiger partial charge in [-0.1, -0.05) is 102 Å². The van der Waals surface area contributed by atoms with Gasteiger partial charge in [-0.05, 0) is 117 Å².